The molecule has 0 spiro atoms. The molecular weight excluding hydrogens is 174 g/mol. The molecule has 0 aliphatic carbocycles. The maximum absolute atomic E-state index is 4.17. The standard InChI is InChI=1S/C11H13N3/c1-3-14-9(2)11(12-13-14)10-7-5-4-6-8-10/h4-8H,3H2,1-2H3. The molecule has 0 atom stereocenters. The summed E-state index contributed by atoms with van der Waals surface area (Å²) >= 11 is 0. The van der Waals surface area contributed by atoms with E-state index in [0.29, 0.717) is 0 Å². The molecule has 72 valence electrons. The van der Waals surface area contributed by atoms with E-state index in [9.17, 15) is 0 Å². The molecule has 3 nitrogen and oxygen atoms in total. The van der Waals surface area contributed by atoms with E-state index in [1.807, 2.05) is 29.8 Å². The first-order valence-electron chi connectivity index (χ1n) is 4.78. The summed E-state index contributed by atoms with van der Waals surface area (Å²) in [6.45, 7) is 4.98. The molecule has 0 aliphatic rings. The van der Waals surface area contributed by atoms with Crippen molar-refractivity contribution < 1.29 is 0 Å². The summed E-state index contributed by atoms with van der Waals surface area (Å²) in [5.41, 5.74) is 3.23. The Balaban J connectivity index is 2.48. The summed E-state index contributed by atoms with van der Waals surface area (Å²) in [5, 5.41) is 8.25. The molecule has 2 aromatic rings. The number of benzene rings is 1. The summed E-state index contributed by atoms with van der Waals surface area (Å²) in [5.74, 6) is 0. The fourth-order valence-electron chi connectivity index (χ4n) is 1.52. The van der Waals surface area contributed by atoms with E-state index in [4.69, 9.17) is 0 Å². The molecule has 1 aromatic carbocycles. The van der Waals surface area contributed by atoms with Crippen LogP contribution in [0.2, 0.25) is 0 Å². The highest BCUT2D eigenvalue weighted by atomic mass is 15.4. The largest absolute Gasteiger partial charge is 0.249 e. The van der Waals surface area contributed by atoms with Crippen LogP contribution in [0.1, 0.15) is 12.6 Å². The first-order valence-corrected chi connectivity index (χ1v) is 4.78. The minimum absolute atomic E-state index is 0.867. The lowest BCUT2D eigenvalue weighted by molar-refractivity contribution is 0.611. The highest BCUT2D eigenvalue weighted by molar-refractivity contribution is 5.60. The number of nitrogens with zero attached hydrogens (tertiary/aromatic N) is 3. The van der Waals surface area contributed by atoms with Gasteiger partial charge in [-0.2, -0.15) is 0 Å². The predicted molar refractivity (Wildman–Crippen MR) is 55.9 cm³/mol. The quantitative estimate of drug-likeness (QED) is 0.722. The SMILES string of the molecule is CCn1nnc(-c2ccccc2)c1C. The van der Waals surface area contributed by atoms with Gasteiger partial charge >= 0.3 is 0 Å². The van der Waals surface area contributed by atoms with E-state index >= 15 is 0 Å². The molecule has 2 rings (SSSR count). The number of aromatic nitrogens is 3. The van der Waals surface area contributed by atoms with Crippen molar-refractivity contribution in [1.29, 1.82) is 0 Å². The highest BCUT2D eigenvalue weighted by Crippen LogP contribution is 2.19. The Morgan fingerprint density at radius 3 is 2.50 bits per heavy atom. The van der Waals surface area contributed by atoms with E-state index < -0.39 is 0 Å². The molecule has 1 aromatic heterocycles. The lowest BCUT2D eigenvalue weighted by atomic mass is 10.1. The summed E-state index contributed by atoms with van der Waals surface area (Å²) in [7, 11) is 0. The minimum atomic E-state index is 0.867. The topological polar surface area (TPSA) is 30.7 Å². The van der Waals surface area contributed by atoms with Crippen molar-refractivity contribution in [2.24, 2.45) is 0 Å². The van der Waals surface area contributed by atoms with Gasteiger partial charge in [0.05, 0.1) is 5.69 Å². The zero-order valence-corrected chi connectivity index (χ0v) is 8.44. The van der Waals surface area contributed by atoms with Crippen LogP contribution < -0.4 is 0 Å². The molecule has 0 saturated carbocycles. The van der Waals surface area contributed by atoms with E-state index in [0.717, 1.165) is 23.5 Å². The van der Waals surface area contributed by atoms with Gasteiger partial charge in [-0.3, -0.25) is 0 Å². The average Bonchev–Trinajstić information content (AvgIpc) is 2.61. The Morgan fingerprint density at radius 2 is 1.93 bits per heavy atom. The number of hydrogen-bond donors (Lipinski definition) is 0. The van der Waals surface area contributed by atoms with Gasteiger partial charge in [-0.1, -0.05) is 35.5 Å². The van der Waals surface area contributed by atoms with E-state index in [1.54, 1.807) is 0 Å². The van der Waals surface area contributed by atoms with Crippen LogP contribution in [0, 0.1) is 6.92 Å². The molecule has 0 aliphatic heterocycles. The summed E-state index contributed by atoms with van der Waals surface area (Å²) in [4.78, 5) is 0. The second kappa shape index (κ2) is 3.62. The number of aryl methyl sites for hydroxylation is 1. The second-order valence-corrected chi connectivity index (χ2v) is 3.21. The van der Waals surface area contributed by atoms with Gasteiger partial charge in [-0.15, -0.1) is 5.10 Å². The van der Waals surface area contributed by atoms with Crippen molar-refractivity contribution in [2.45, 2.75) is 20.4 Å². The van der Waals surface area contributed by atoms with Crippen LogP contribution in [0.4, 0.5) is 0 Å². The molecular formula is C11H13N3. The van der Waals surface area contributed by atoms with Crippen molar-refractivity contribution in [1.82, 2.24) is 15.0 Å². The zero-order valence-electron chi connectivity index (χ0n) is 8.44. The Morgan fingerprint density at radius 1 is 1.21 bits per heavy atom. The molecule has 0 fully saturated rings. The summed E-state index contributed by atoms with van der Waals surface area (Å²) < 4.78 is 1.91. The third-order valence-electron chi connectivity index (χ3n) is 2.33. The molecule has 0 amide bonds. The van der Waals surface area contributed by atoms with Crippen molar-refractivity contribution in [2.75, 3.05) is 0 Å². The summed E-state index contributed by atoms with van der Waals surface area (Å²) in [6, 6.07) is 10.1. The Labute approximate surface area is 83.4 Å². The molecule has 0 radical (unpaired) electrons. The van der Waals surface area contributed by atoms with Gasteiger partial charge < -0.3 is 0 Å². The van der Waals surface area contributed by atoms with Crippen molar-refractivity contribution in [3.05, 3.63) is 36.0 Å². The Bertz CT molecular complexity index is 417. The smallest absolute Gasteiger partial charge is 0.115 e. The maximum Gasteiger partial charge on any atom is 0.115 e. The van der Waals surface area contributed by atoms with Crippen molar-refractivity contribution in [3.63, 3.8) is 0 Å². The van der Waals surface area contributed by atoms with Crippen molar-refractivity contribution in [3.8, 4) is 11.3 Å². The fraction of sp³-hybridized carbons (Fsp3) is 0.273. The molecule has 0 bridgehead atoms. The highest BCUT2D eigenvalue weighted by Gasteiger charge is 2.08. The molecule has 0 N–H and O–H groups in total. The molecule has 14 heavy (non-hydrogen) atoms. The molecule has 3 heteroatoms. The fourth-order valence-corrected chi connectivity index (χ4v) is 1.52. The van der Waals surface area contributed by atoms with Crippen LogP contribution in [0.5, 0.6) is 0 Å². The predicted octanol–water partition coefficient (Wildman–Crippen LogP) is 2.27. The lowest BCUT2D eigenvalue weighted by Gasteiger charge is -1.99. The zero-order chi connectivity index (χ0) is 9.97. The Kier molecular flexibility index (Phi) is 2.31. The van der Waals surface area contributed by atoms with Gasteiger partial charge in [-0.05, 0) is 13.8 Å². The van der Waals surface area contributed by atoms with Crippen LogP contribution >= 0.6 is 0 Å². The van der Waals surface area contributed by atoms with Gasteiger partial charge in [-0.25, -0.2) is 4.68 Å². The Hall–Kier alpha value is -1.64. The molecule has 1 heterocycles. The minimum Gasteiger partial charge on any atom is -0.249 e. The van der Waals surface area contributed by atoms with Gasteiger partial charge in [0.25, 0.3) is 0 Å². The van der Waals surface area contributed by atoms with Crippen LogP contribution in [-0.2, 0) is 6.54 Å². The first-order chi connectivity index (χ1) is 6.83. The number of hydrogen-bond acceptors (Lipinski definition) is 2. The molecule has 0 saturated heterocycles. The van der Waals surface area contributed by atoms with Crippen LogP contribution in [-0.4, -0.2) is 15.0 Å². The van der Waals surface area contributed by atoms with Crippen LogP contribution in [0.25, 0.3) is 11.3 Å². The van der Waals surface area contributed by atoms with Crippen LogP contribution in [0.15, 0.2) is 30.3 Å². The third-order valence-corrected chi connectivity index (χ3v) is 2.33. The van der Waals surface area contributed by atoms with E-state index in [1.165, 1.54) is 0 Å². The van der Waals surface area contributed by atoms with Gasteiger partial charge in [0, 0.05) is 12.1 Å². The summed E-state index contributed by atoms with van der Waals surface area (Å²) in [6.07, 6.45) is 0. The lowest BCUT2D eigenvalue weighted by Crippen LogP contribution is -1.98. The van der Waals surface area contributed by atoms with Gasteiger partial charge in [0.15, 0.2) is 0 Å². The molecule has 0 unspecified atom stereocenters. The van der Waals surface area contributed by atoms with Crippen LogP contribution in [0.3, 0.4) is 0 Å². The van der Waals surface area contributed by atoms with Crippen molar-refractivity contribution >= 4 is 0 Å². The van der Waals surface area contributed by atoms with Gasteiger partial charge in [0.2, 0.25) is 0 Å². The van der Waals surface area contributed by atoms with Gasteiger partial charge in [0.1, 0.15) is 5.69 Å². The third kappa shape index (κ3) is 1.41. The normalized spacial score (nSPS) is 10.4. The monoisotopic (exact) mass is 187 g/mol. The maximum atomic E-state index is 4.17. The van der Waals surface area contributed by atoms with E-state index in [2.05, 4.69) is 29.4 Å². The first kappa shape index (κ1) is 8.94. The van der Waals surface area contributed by atoms with E-state index in [-0.39, 0.29) is 0 Å². The second-order valence-electron chi connectivity index (χ2n) is 3.21. The average molecular weight is 187 g/mol. The number of rotatable bonds is 2.